The van der Waals surface area contributed by atoms with Gasteiger partial charge in [-0.3, -0.25) is 9.69 Å². The molecule has 0 fully saturated rings. The molecule has 0 aliphatic carbocycles. The number of aromatic nitrogens is 1. The molecule has 3 aromatic rings. The molecule has 2 aromatic carbocycles. The van der Waals surface area contributed by atoms with Gasteiger partial charge in [-0.15, -0.1) is 11.8 Å². The predicted octanol–water partition coefficient (Wildman–Crippen LogP) is 5.07. The van der Waals surface area contributed by atoms with Crippen molar-refractivity contribution < 1.29 is 9.18 Å². The first-order valence-corrected chi connectivity index (χ1v) is 11.8. The van der Waals surface area contributed by atoms with Gasteiger partial charge in [0.1, 0.15) is 5.82 Å². The van der Waals surface area contributed by atoms with E-state index in [1.54, 1.807) is 40.1 Å². The fraction of sp³-hybridized carbons (Fsp3) is 0.364. The summed E-state index contributed by atoms with van der Waals surface area (Å²) in [5.41, 5.74) is 1.75. The number of amides is 1. The van der Waals surface area contributed by atoms with E-state index in [0.29, 0.717) is 6.54 Å². The average Bonchev–Trinajstić information content (AvgIpc) is 3.16. The minimum atomic E-state index is -0.296. The van der Waals surface area contributed by atoms with E-state index in [0.717, 1.165) is 45.4 Å². The quantitative estimate of drug-likeness (QED) is 0.443. The Balaban J connectivity index is 1.89. The molecule has 3 rings (SSSR count). The molecule has 1 aromatic heterocycles. The van der Waals surface area contributed by atoms with Crippen LogP contribution in [0.1, 0.15) is 19.4 Å². The summed E-state index contributed by atoms with van der Waals surface area (Å²) in [6.07, 6.45) is 2.26. The summed E-state index contributed by atoms with van der Waals surface area (Å²) in [6.45, 7) is 7.48. The van der Waals surface area contributed by atoms with Crippen molar-refractivity contribution in [2.24, 2.45) is 0 Å². The normalized spacial score (nSPS) is 11.3. The van der Waals surface area contributed by atoms with Gasteiger partial charge in [-0.2, -0.15) is 0 Å². The van der Waals surface area contributed by atoms with Crippen molar-refractivity contribution in [3.8, 4) is 0 Å². The molecule has 7 heteroatoms. The molecule has 0 atom stereocenters. The maximum Gasteiger partial charge on any atom is 0.233 e. The topological polar surface area (TPSA) is 36.4 Å². The van der Waals surface area contributed by atoms with Gasteiger partial charge in [-0.25, -0.2) is 9.37 Å². The molecule has 0 N–H and O–H groups in total. The van der Waals surface area contributed by atoms with E-state index < -0.39 is 0 Å². The van der Waals surface area contributed by atoms with Crippen LogP contribution in [-0.4, -0.2) is 48.2 Å². The number of halogens is 1. The van der Waals surface area contributed by atoms with Crippen LogP contribution >= 0.6 is 23.1 Å². The number of benzene rings is 2. The highest BCUT2D eigenvalue weighted by Gasteiger charge is 2.21. The molecule has 1 amide bonds. The van der Waals surface area contributed by atoms with Crippen molar-refractivity contribution in [1.29, 1.82) is 0 Å². The van der Waals surface area contributed by atoms with Crippen LogP contribution in [0.5, 0.6) is 0 Å². The molecule has 0 unspecified atom stereocenters. The summed E-state index contributed by atoms with van der Waals surface area (Å²) < 4.78 is 14.3. The van der Waals surface area contributed by atoms with Gasteiger partial charge in [0.05, 0.1) is 16.6 Å². The summed E-state index contributed by atoms with van der Waals surface area (Å²) in [5, 5.41) is 0.723. The van der Waals surface area contributed by atoms with E-state index >= 15 is 0 Å². The van der Waals surface area contributed by atoms with Crippen molar-refractivity contribution in [1.82, 2.24) is 9.88 Å². The molecule has 1 heterocycles. The fourth-order valence-corrected chi connectivity index (χ4v) is 4.84. The summed E-state index contributed by atoms with van der Waals surface area (Å²) in [7, 11) is 0. The van der Waals surface area contributed by atoms with Gasteiger partial charge in [0.15, 0.2) is 5.13 Å². The number of likely N-dealkylation sites (N-methyl/N-ethyl adjacent to an activating group) is 1. The molecule has 4 nitrogen and oxygen atoms in total. The SMILES string of the molecule is CCN(CC)CCN(C(=O)Cc1ccc(F)cc1)c1nc2c(SC)cccc2s1. The molecule has 0 saturated carbocycles. The Hall–Kier alpha value is -1.96. The molecule has 0 bridgehead atoms. The van der Waals surface area contributed by atoms with Crippen molar-refractivity contribution in [2.75, 3.05) is 37.3 Å². The van der Waals surface area contributed by atoms with Crippen LogP contribution in [0.25, 0.3) is 10.2 Å². The van der Waals surface area contributed by atoms with Crippen molar-refractivity contribution in [3.05, 3.63) is 53.8 Å². The van der Waals surface area contributed by atoms with Gasteiger partial charge >= 0.3 is 0 Å². The molecule has 29 heavy (non-hydrogen) atoms. The summed E-state index contributed by atoms with van der Waals surface area (Å²) in [5.74, 6) is -0.316. The van der Waals surface area contributed by atoms with Crippen molar-refractivity contribution >= 4 is 44.4 Å². The number of anilines is 1. The minimum absolute atomic E-state index is 0.0199. The number of rotatable bonds is 9. The summed E-state index contributed by atoms with van der Waals surface area (Å²) in [4.78, 5) is 23.2. The molecular formula is C22H26FN3OS2. The smallest absolute Gasteiger partial charge is 0.233 e. The van der Waals surface area contributed by atoms with Gasteiger partial charge in [0, 0.05) is 18.0 Å². The fourth-order valence-electron chi connectivity index (χ4n) is 3.17. The predicted molar refractivity (Wildman–Crippen MR) is 122 cm³/mol. The van der Waals surface area contributed by atoms with Crippen LogP contribution in [0.2, 0.25) is 0 Å². The Labute approximate surface area is 179 Å². The van der Waals surface area contributed by atoms with Crippen LogP contribution in [0.3, 0.4) is 0 Å². The average molecular weight is 432 g/mol. The molecule has 0 aliphatic heterocycles. The molecule has 0 radical (unpaired) electrons. The number of thioether (sulfide) groups is 1. The number of hydrogen-bond donors (Lipinski definition) is 0. The molecular weight excluding hydrogens is 405 g/mol. The zero-order valence-electron chi connectivity index (χ0n) is 17.0. The van der Waals surface area contributed by atoms with E-state index in [1.165, 1.54) is 12.1 Å². The lowest BCUT2D eigenvalue weighted by Gasteiger charge is -2.24. The van der Waals surface area contributed by atoms with Crippen LogP contribution in [0.4, 0.5) is 9.52 Å². The maximum absolute atomic E-state index is 13.2. The third kappa shape index (κ3) is 5.35. The second kappa shape index (κ2) is 10.2. The second-order valence-corrected chi connectivity index (χ2v) is 8.54. The highest BCUT2D eigenvalue weighted by Crippen LogP contribution is 2.34. The van der Waals surface area contributed by atoms with Crippen LogP contribution < -0.4 is 4.90 Å². The van der Waals surface area contributed by atoms with Crippen LogP contribution in [-0.2, 0) is 11.2 Å². The molecule has 154 valence electrons. The Bertz CT molecular complexity index is 954. The van der Waals surface area contributed by atoms with Gasteiger partial charge < -0.3 is 4.90 Å². The second-order valence-electron chi connectivity index (χ2n) is 6.68. The monoisotopic (exact) mass is 431 g/mol. The van der Waals surface area contributed by atoms with E-state index in [9.17, 15) is 9.18 Å². The standard InChI is InChI=1S/C22H26FN3OS2/c1-4-25(5-2)13-14-26(20(27)15-16-9-11-17(23)12-10-16)22-24-21-18(28-3)7-6-8-19(21)29-22/h6-12H,4-5,13-15H2,1-3H3. The summed E-state index contributed by atoms with van der Waals surface area (Å²) in [6, 6.07) is 12.2. The first-order chi connectivity index (χ1) is 14.0. The van der Waals surface area contributed by atoms with Crippen LogP contribution in [0.15, 0.2) is 47.4 Å². The van der Waals surface area contributed by atoms with Gasteiger partial charge in [-0.05, 0) is 49.2 Å². The zero-order chi connectivity index (χ0) is 20.8. The molecule has 0 spiro atoms. The van der Waals surface area contributed by atoms with E-state index in [2.05, 4.69) is 24.8 Å². The van der Waals surface area contributed by atoms with Crippen molar-refractivity contribution in [3.63, 3.8) is 0 Å². The molecule has 0 saturated heterocycles. The number of hydrogen-bond acceptors (Lipinski definition) is 5. The Morgan fingerprint density at radius 1 is 1.10 bits per heavy atom. The number of fused-ring (bicyclic) bond motifs is 1. The van der Waals surface area contributed by atoms with Gasteiger partial charge in [0.2, 0.25) is 5.91 Å². The highest BCUT2D eigenvalue weighted by atomic mass is 32.2. The maximum atomic E-state index is 13.2. The van der Waals surface area contributed by atoms with E-state index in [1.807, 2.05) is 18.4 Å². The first-order valence-electron chi connectivity index (χ1n) is 9.76. The number of thiazole rings is 1. The zero-order valence-corrected chi connectivity index (χ0v) is 18.7. The van der Waals surface area contributed by atoms with Crippen molar-refractivity contribution in [2.45, 2.75) is 25.2 Å². The first kappa shape index (κ1) is 21.7. The Morgan fingerprint density at radius 2 is 1.83 bits per heavy atom. The Morgan fingerprint density at radius 3 is 2.48 bits per heavy atom. The number of para-hydroxylation sites is 1. The van der Waals surface area contributed by atoms with Crippen LogP contribution in [0, 0.1) is 5.82 Å². The third-order valence-corrected chi connectivity index (χ3v) is 6.74. The summed E-state index contributed by atoms with van der Waals surface area (Å²) >= 11 is 3.20. The van der Waals surface area contributed by atoms with E-state index in [-0.39, 0.29) is 18.1 Å². The number of carbonyl (C=O) groups is 1. The lowest BCUT2D eigenvalue weighted by atomic mass is 10.1. The van der Waals surface area contributed by atoms with Gasteiger partial charge in [0.25, 0.3) is 0 Å². The molecule has 0 aliphatic rings. The largest absolute Gasteiger partial charge is 0.302 e. The third-order valence-electron chi connectivity index (χ3n) is 4.93. The lowest BCUT2D eigenvalue weighted by Crippen LogP contribution is -2.39. The lowest BCUT2D eigenvalue weighted by molar-refractivity contribution is -0.118. The Kier molecular flexibility index (Phi) is 7.64. The minimum Gasteiger partial charge on any atom is -0.302 e. The van der Waals surface area contributed by atoms with E-state index in [4.69, 9.17) is 4.98 Å². The number of nitrogens with zero attached hydrogens (tertiary/aromatic N) is 3. The highest BCUT2D eigenvalue weighted by molar-refractivity contribution is 7.98. The van der Waals surface area contributed by atoms with Gasteiger partial charge in [-0.1, -0.05) is 43.4 Å². The number of carbonyl (C=O) groups excluding carboxylic acids is 1.